The minimum atomic E-state index is -4.55. The van der Waals surface area contributed by atoms with Crippen LogP contribution in [-0.4, -0.2) is 29.6 Å². The number of carbonyl (C=O) groups is 1. The van der Waals surface area contributed by atoms with Gasteiger partial charge in [-0.05, 0) is 74.7 Å². The first-order valence-electron chi connectivity index (χ1n) is 11.7. The molecule has 0 aliphatic carbocycles. The summed E-state index contributed by atoms with van der Waals surface area (Å²) in [6.45, 7) is 4.67. The second-order valence-corrected chi connectivity index (χ2v) is 9.30. The maximum absolute atomic E-state index is 14.3. The molecule has 0 saturated heterocycles. The summed E-state index contributed by atoms with van der Waals surface area (Å²) in [5.41, 5.74) is -0.868. The molecule has 6 nitrogen and oxygen atoms in total. The lowest BCUT2D eigenvalue weighted by Crippen LogP contribution is -2.51. The zero-order valence-corrected chi connectivity index (χ0v) is 21.3. The van der Waals surface area contributed by atoms with Crippen molar-refractivity contribution in [1.29, 1.82) is 5.26 Å². The fourth-order valence-electron chi connectivity index (χ4n) is 3.89. The first-order valence-corrected chi connectivity index (χ1v) is 11.7. The highest BCUT2D eigenvalue weighted by Gasteiger charge is 2.35. The van der Waals surface area contributed by atoms with Crippen LogP contribution in [0.3, 0.4) is 0 Å². The number of methoxy groups -OCH3 is 1. The van der Waals surface area contributed by atoms with E-state index < -0.39 is 41.0 Å². The predicted molar refractivity (Wildman–Crippen MR) is 132 cm³/mol. The van der Waals surface area contributed by atoms with Crippen LogP contribution < -0.4 is 14.8 Å². The molecule has 0 aliphatic rings. The van der Waals surface area contributed by atoms with E-state index in [2.05, 4.69) is 10.3 Å². The molecule has 0 aliphatic heterocycles. The highest BCUT2D eigenvalue weighted by Crippen LogP contribution is 2.30. The number of nitrogens with zero attached hydrogens (tertiary/aromatic N) is 2. The smallest absolute Gasteiger partial charge is 0.417 e. The van der Waals surface area contributed by atoms with E-state index in [0.29, 0.717) is 23.9 Å². The van der Waals surface area contributed by atoms with Crippen molar-refractivity contribution in [3.8, 4) is 17.7 Å². The van der Waals surface area contributed by atoms with Gasteiger partial charge in [0.25, 0.3) is 5.91 Å². The summed E-state index contributed by atoms with van der Waals surface area (Å²) in [6, 6.07) is 14.6. The molecule has 0 spiro atoms. The van der Waals surface area contributed by atoms with Crippen molar-refractivity contribution in [3.05, 3.63) is 88.9 Å². The second-order valence-electron chi connectivity index (χ2n) is 9.30. The van der Waals surface area contributed by atoms with Crippen LogP contribution in [0.15, 0.2) is 60.8 Å². The quantitative estimate of drug-likeness (QED) is 0.355. The molecule has 38 heavy (non-hydrogen) atoms. The molecule has 0 saturated carbocycles. The summed E-state index contributed by atoms with van der Waals surface area (Å²) in [4.78, 5) is 16.8. The lowest BCUT2D eigenvalue weighted by molar-refractivity contribution is -0.138. The van der Waals surface area contributed by atoms with E-state index in [-0.39, 0.29) is 11.4 Å². The molecule has 0 bridgehead atoms. The third-order valence-corrected chi connectivity index (χ3v) is 6.02. The van der Waals surface area contributed by atoms with Gasteiger partial charge in [0.15, 0.2) is 5.60 Å². The summed E-state index contributed by atoms with van der Waals surface area (Å²) in [7, 11) is 1.55. The molecule has 3 aromatic rings. The summed E-state index contributed by atoms with van der Waals surface area (Å²) >= 11 is 0. The van der Waals surface area contributed by atoms with Gasteiger partial charge in [-0.25, -0.2) is 9.37 Å². The van der Waals surface area contributed by atoms with Gasteiger partial charge in [0.2, 0.25) is 5.88 Å². The van der Waals surface area contributed by atoms with E-state index in [1.807, 2.05) is 18.2 Å². The lowest BCUT2D eigenvalue weighted by Gasteiger charge is -2.30. The Kier molecular flexibility index (Phi) is 8.61. The minimum Gasteiger partial charge on any atom is -0.497 e. The summed E-state index contributed by atoms with van der Waals surface area (Å²) in [5, 5.41) is 12.2. The molecule has 10 heteroatoms. The summed E-state index contributed by atoms with van der Waals surface area (Å²) in [6.07, 6.45) is -3.51. The van der Waals surface area contributed by atoms with Gasteiger partial charge in [-0.3, -0.25) is 4.79 Å². The van der Waals surface area contributed by atoms with Crippen LogP contribution >= 0.6 is 0 Å². The van der Waals surface area contributed by atoms with E-state index in [9.17, 15) is 27.6 Å². The molecule has 0 radical (unpaired) electrons. The van der Waals surface area contributed by atoms with Gasteiger partial charge in [0.05, 0.1) is 24.3 Å². The summed E-state index contributed by atoms with van der Waals surface area (Å²) in [5.74, 6) is -1.04. The Labute approximate surface area is 218 Å². The van der Waals surface area contributed by atoms with Crippen LogP contribution in [0, 0.1) is 17.1 Å². The zero-order valence-electron chi connectivity index (χ0n) is 21.3. The molecule has 3 rings (SSSR count). The maximum Gasteiger partial charge on any atom is 0.417 e. The number of pyridine rings is 1. The highest BCUT2D eigenvalue weighted by molar-refractivity contribution is 5.85. The highest BCUT2D eigenvalue weighted by atomic mass is 19.4. The van der Waals surface area contributed by atoms with Crippen molar-refractivity contribution in [2.45, 2.75) is 50.9 Å². The predicted octanol–water partition coefficient (Wildman–Crippen LogP) is 5.81. The molecular weight excluding hydrogens is 501 g/mol. The van der Waals surface area contributed by atoms with E-state index in [1.165, 1.54) is 19.9 Å². The average Bonchev–Trinajstić information content (AvgIpc) is 2.86. The van der Waals surface area contributed by atoms with E-state index in [4.69, 9.17) is 9.47 Å². The Bertz CT molecular complexity index is 1300. The lowest BCUT2D eigenvalue weighted by atomic mass is 9.85. The van der Waals surface area contributed by atoms with Gasteiger partial charge in [-0.2, -0.15) is 18.4 Å². The van der Waals surface area contributed by atoms with Gasteiger partial charge in [0, 0.05) is 24.2 Å². The monoisotopic (exact) mass is 528 g/mol. The second kappa shape index (κ2) is 11.5. The molecule has 2 atom stereocenters. The number of amides is 1. The van der Waals surface area contributed by atoms with Crippen molar-refractivity contribution < 1.29 is 31.8 Å². The standard InChI is InChI=1S/C28H27F4N3O3/c1-17(35-26(36)27(2,3)38-25-10-7-21(16-34-25)28(30,31)32)24(13-18-5-8-23(37-4)9-6-18)20-11-19(15-33)12-22(29)14-20/h5-12,14,16-17,24H,13H2,1-4H3,(H,35,36)/i29-1. The third kappa shape index (κ3) is 7.22. The molecule has 200 valence electrons. The van der Waals surface area contributed by atoms with E-state index >= 15 is 0 Å². The van der Waals surface area contributed by atoms with Crippen LogP contribution in [0.25, 0.3) is 0 Å². The number of halogens is 4. The number of rotatable bonds is 9. The summed E-state index contributed by atoms with van der Waals surface area (Å²) < 4.78 is 63.6. The van der Waals surface area contributed by atoms with Crippen molar-refractivity contribution in [2.75, 3.05) is 7.11 Å². The van der Waals surface area contributed by atoms with Gasteiger partial charge in [-0.1, -0.05) is 12.1 Å². The van der Waals surface area contributed by atoms with Crippen LogP contribution in [0.1, 0.15) is 48.9 Å². The molecule has 0 fully saturated rings. The molecular formula is C28H27F4N3O3. The minimum absolute atomic E-state index is 0.148. The Morgan fingerprint density at radius 3 is 2.34 bits per heavy atom. The Morgan fingerprint density at radius 2 is 1.79 bits per heavy atom. The number of hydrogen-bond donors (Lipinski definition) is 1. The molecule has 1 aromatic heterocycles. The Balaban J connectivity index is 1.83. The van der Waals surface area contributed by atoms with E-state index in [0.717, 1.165) is 23.8 Å². The number of benzene rings is 2. The van der Waals surface area contributed by atoms with Crippen molar-refractivity contribution in [1.82, 2.24) is 10.3 Å². The number of aromatic nitrogens is 1. The number of alkyl halides is 3. The van der Waals surface area contributed by atoms with Crippen LogP contribution in [-0.2, 0) is 17.4 Å². The van der Waals surface area contributed by atoms with Crippen LogP contribution in [0.2, 0.25) is 0 Å². The number of hydrogen-bond acceptors (Lipinski definition) is 5. The first kappa shape index (κ1) is 28.4. The van der Waals surface area contributed by atoms with Crippen LogP contribution in [0.5, 0.6) is 11.6 Å². The van der Waals surface area contributed by atoms with Gasteiger partial charge < -0.3 is 14.8 Å². The SMILES string of the molecule is COc1ccc(CC(c2cc([18F])cc(C#N)c2)C(C)NC(=O)C(C)(C)Oc2ccc(C(F)(F)F)cn2)cc1. The fourth-order valence-corrected chi connectivity index (χ4v) is 3.89. The normalized spacial score (nSPS) is 13.2. The van der Waals surface area contributed by atoms with Crippen molar-refractivity contribution in [2.24, 2.45) is 0 Å². The van der Waals surface area contributed by atoms with Gasteiger partial charge in [-0.15, -0.1) is 0 Å². The largest absolute Gasteiger partial charge is 0.497 e. The number of nitrogens with one attached hydrogen (secondary N) is 1. The first-order chi connectivity index (χ1) is 17.8. The molecule has 1 heterocycles. The zero-order chi connectivity index (χ0) is 28.1. The Morgan fingerprint density at radius 1 is 1.11 bits per heavy atom. The van der Waals surface area contributed by atoms with Gasteiger partial charge >= 0.3 is 6.18 Å². The maximum atomic E-state index is 14.3. The molecule has 1 N–H and O–H groups in total. The molecule has 1 amide bonds. The number of nitriles is 1. The fraction of sp³-hybridized carbons (Fsp3) is 0.321. The number of carbonyl (C=O) groups excluding carboxylic acids is 1. The van der Waals surface area contributed by atoms with Crippen molar-refractivity contribution >= 4 is 5.91 Å². The molecule has 2 aromatic carbocycles. The molecule has 2 unspecified atom stereocenters. The van der Waals surface area contributed by atoms with Crippen molar-refractivity contribution in [3.63, 3.8) is 0 Å². The third-order valence-electron chi connectivity index (χ3n) is 6.02. The van der Waals surface area contributed by atoms with E-state index in [1.54, 1.807) is 32.2 Å². The topological polar surface area (TPSA) is 84.2 Å². The van der Waals surface area contributed by atoms with Gasteiger partial charge in [0.1, 0.15) is 11.6 Å². The number of ether oxygens (including phenoxy) is 2. The average molecular weight is 529 g/mol. The Hall–Kier alpha value is -4.13. The van der Waals surface area contributed by atoms with Crippen LogP contribution in [0.4, 0.5) is 17.6 Å².